The molecule has 0 unspecified atom stereocenters. The molecule has 2 rings (SSSR count). The highest BCUT2D eigenvalue weighted by atomic mass is 16.4. The molecule has 0 spiro atoms. The van der Waals surface area contributed by atoms with Gasteiger partial charge in [-0.2, -0.15) is 0 Å². The lowest BCUT2D eigenvalue weighted by Gasteiger charge is -2.04. The van der Waals surface area contributed by atoms with Crippen LogP contribution in [0.1, 0.15) is 21.9 Å². The fraction of sp³-hybridized carbons (Fsp3) is 0.0714. The van der Waals surface area contributed by atoms with Gasteiger partial charge in [0.25, 0.3) is 0 Å². The minimum atomic E-state index is -1.07. The van der Waals surface area contributed by atoms with Gasteiger partial charge in [-0.15, -0.1) is 6.42 Å². The van der Waals surface area contributed by atoms with Crippen molar-refractivity contribution < 1.29 is 14.3 Å². The Morgan fingerprint density at radius 2 is 2.22 bits per heavy atom. The number of carboxylic acids is 1. The second kappa shape index (κ2) is 5.11. The normalized spacial score (nSPS) is 9.72. The van der Waals surface area contributed by atoms with Crippen LogP contribution in [-0.2, 0) is 6.54 Å². The molecule has 2 N–H and O–H groups in total. The SMILES string of the molecule is C#Cc1cccc(NCc2ccc(C(=O)O)o2)c1. The molecule has 4 heteroatoms. The van der Waals surface area contributed by atoms with Crippen LogP contribution in [0.15, 0.2) is 40.8 Å². The van der Waals surface area contributed by atoms with Crippen LogP contribution in [-0.4, -0.2) is 11.1 Å². The summed E-state index contributed by atoms with van der Waals surface area (Å²) in [5.41, 5.74) is 1.64. The van der Waals surface area contributed by atoms with Crippen molar-refractivity contribution in [2.45, 2.75) is 6.54 Å². The lowest BCUT2D eigenvalue weighted by Crippen LogP contribution is -1.98. The van der Waals surface area contributed by atoms with Crippen LogP contribution in [0.25, 0.3) is 0 Å². The average molecular weight is 241 g/mol. The number of hydrogen-bond acceptors (Lipinski definition) is 3. The molecule has 0 saturated carbocycles. The molecule has 0 aliphatic rings. The van der Waals surface area contributed by atoms with Gasteiger partial charge in [0, 0.05) is 11.3 Å². The van der Waals surface area contributed by atoms with Gasteiger partial charge in [0.2, 0.25) is 5.76 Å². The van der Waals surface area contributed by atoms with Gasteiger partial charge in [-0.25, -0.2) is 4.79 Å². The van der Waals surface area contributed by atoms with E-state index in [1.165, 1.54) is 6.07 Å². The average Bonchev–Trinajstić information content (AvgIpc) is 2.85. The van der Waals surface area contributed by atoms with E-state index in [2.05, 4.69) is 11.2 Å². The van der Waals surface area contributed by atoms with Crippen LogP contribution in [0.2, 0.25) is 0 Å². The Balaban J connectivity index is 2.02. The van der Waals surface area contributed by atoms with Gasteiger partial charge in [-0.1, -0.05) is 12.0 Å². The van der Waals surface area contributed by atoms with E-state index < -0.39 is 5.97 Å². The van der Waals surface area contributed by atoms with Crippen molar-refractivity contribution in [3.63, 3.8) is 0 Å². The number of terminal acetylenes is 1. The van der Waals surface area contributed by atoms with Crippen molar-refractivity contribution in [1.29, 1.82) is 0 Å². The second-order valence-corrected chi connectivity index (χ2v) is 3.65. The first-order valence-corrected chi connectivity index (χ1v) is 5.31. The molecule has 0 amide bonds. The number of benzene rings is 1. The first kappa shape index (κ1) is 11.8. The maximum Gasteiger partial charge on any atom is 0.371 e. The van der Waals surface area contributed by atoms with Crippen molar-refractivity contribution in [3.8, 4) is 12.3 Å². The van der Waals surface area contributed by atoms with Gasteiger partial charge in [0.1, 0.15) is 5.76 Å². The minimum absolute atomic E-state index is 0.0656. The molecule has 1 aromatic heterocycles. The van der Waals surface area contributed by atoms with Crippen molar-refractivity contribution >= 4 is 11.7 Å². The zero-order valence-corrected chi connectivity index (χ0v) is 9.51. The minimum Gasteiger partial charge on any atom is -0.475 e. The fourth-order valence-corrected chi connectivity index (χ4v) is 1.50. The van der Waals surface area contributed by atoms with E-state index in [4.69, 9.17) is 15.9 Å². The molecular weight excluding hydrogens is 230 g/mol. The zero-order valence-electron chi connectivity index (χ0n) is 9.51. The molecule has 1 aromatic carbocycles. The lowest BCUT2D eigenvalue weighted by molar-refractivity contribution is 0.0660. The highest BCUT2D eigenvalue weighted by Gasteiger charge is 2.08. The Kier molecular flexibility index (Phi) is 3.35. The largest absolute Gasteiger partial charge is 0.475 e. The monoisotopic (exact) mass is 241 g/mol. The molecule has 0 atom stereocenters. The molecule has 0 radical (unpaired) electrons. The predicted octanol–water partition coefficient (Wildman–Crippen LogP) is 2.57. The maximum atomic E-state index is 10.6. The van der Waals surface area contributed by atoms with E-state index in [1.54, 1.807) is 6.07 Å². The number of furan rings is 1. The lowest BCUT2D eigenvalue weighted by atomic mass is 10.2. The number of nitrogens with one attached hydrogen (secondary N) is 1. The van der Waals surface area contributed by atoms with Crippen LogP contribution in [0.4, 0.5) is 5.69 Å². The second-order valence-electron chi connectivity index (χ2n) is 3.65. The van der Waals surface area contributed by atoms with Crippen LogP contribution < -0.4 is 5.32 Å². The molecule has 0 fully saturated rings. The van der Waals surface area contributed by atoms with Crippen LogP contribution in [0.3, 0.4) is 0 Å². The van der Waals surface area contributed by atoms with Gasteiger partial charge >= 0.3 is 5.97 Å². The van der Waals surface area contributed by atoms with E-state index in [1.807, 2.05) is 24.3 Å². The molecule has 18 heavy (non-hydrogen) atoms. The number of rotatable bonds is 4. The molecule has 0 aliphatic heterocycles. The first-order valence-electron chi connectivity index (χ1n) is 5.31. The summed E-state index contributed by atoms with van der Waals surface area (Å²) in [5.74, 6) is 1.96. The van der Waals surface area contributed by atoms with Crippen LogP contribution >= 0.6 is 0 Å². The van der Waals surface area contributed by atoms with Gasteiger partial charge in [-0.05, 0) is 30.3 Å². The first-order chi connectivity index (χ1) is 8.69. The van der Waals surface area contributed by atoms with Crippen LogP contribution in [0, 0.1) is 12.3 Å². The quantitative estimate of drug-likeness (QED) is 0.807. The zero-order chi connectivity index (χ0) is 13.0. The van der Waals surface area contributed by atoms with Gasteiger partial charge in [0.05, 0.1) is 6.54 Å². The summed E-state index contributed by atoms with van der Waals surface area (Å²) in [6.45, 7) is 0.404. The van der Waals surface area contributed by atoms with E-state index in [9.17, 15) is 4.79 Å². The number of hydrogen-bond donors (Lipinski definition) is 2. The fourth-order valence-electron chi connectivity index (χ4n) is 1.50. The Labute approximate surface area is 104 Å². The number of anilines is 1. The van der Waals surface area contributed by atoms with Crippen LogP contribution in [0.5, 0.6) is 0 Å². The van der Waals surface area contributed by atoms with Crippen molar-refractivity contribution in [3.05, 3.63) is 53.5 Å². The van der Waals surface area contributed by atoms with Crippen molar-refractivity contribution in [1.82, 2.24) is 0 Å². The summed E-state index contributed by atoms with van der Waals surface area (Å²) >= 11 is 0. The number of aromatic carboxylic acids is 1. The Hall–Kier alpha value is -2.67. The smallest absolute Gasteiger partial charge is 0.371 e. The molecule has 4 nitrogen and oxygen atoms in total. The maximum absolute atomic E-state index is 10.6. The molecule has 2 aromatic rings. The third-order valence-electron chi connectivity index (χ3n) is 2.37. The van der Waals surface area contributed by atoms with E-state index in [0.29, 0.717) is 12.3 Å². The van der Waals surface area contributed by atoms with E-state index in [-0.39, 0.29) is 5.76 Å². The van der Waals surface area contributed by atoms with E-state index >= 15 is 0 Å². The Morgan fingerprint density at radius 3 is 2.89 bits per heavy atom. The number of carboxylic acid groups (broad SMARTS) is 1. The van der Waals surface area contributed by atoms with Gasteiger partial charge in [-0.3, -0.25) is 0 Å². The molecule has 0 saturated heterocycles. The summed E-state index contributed by atoms with van der Waals surface area (Å²) in [5, 5.41) is 11.8. The summed E-state index contributed by atoms with van der Waals surface area (Å²) in [7, 11) is 0. The third-order valence-corrected chi connectivity index (χ3v) is 2.37. The summed E-state index contributed by atoms with van der Waals surface area (Å²) in [6.07, 6.45) is 5.30. The van der Waals surface area contributed by atoms with Gasteiger partial charge < -0.3 is 14.8 Å². The van der Waals surface area contributed by atoms with E-state index in [0.717, 1.165) is 11.3 Å². The Bertz CT molecular complexity index is 607. The highest BCUT2D eigenvalue weighted by Crippen LogP contribution is 2.13. The molecular formula is C14H11NO3. The predicted molar refractivity (Wildman–Crippen MR) is 67.4 cm³/mol. The third kappa shape index (κ3) is 2.71. The van der Waals surface area contributed by atoms with Crippen molar-refractivity contribution in [2.24, 2.45) is 0 Å². The molecule has 0 aliphatic carbocycles. The molecule has 1 heterocycles. The Morgan fingerprint density at radius 1 is 1.39 bits per heavy atom. The molecule has 0 bridgehead atoms. The van der Waals surface area contributed by atoms with Gasteiger partial charge in [0.15, 0.2) is 0 Å². The molecule has 90 valence electrons. The standard InChI is InChI=1S/C14H11NO3/c1-2-10-4-3-5-11(8-10)15-9-12-6-7-13(18-12)14(16)17/h1,3-8,15H,9H2,(H,16,17). The summed E-state index contributed by atoms with van der Waals surface area (Å²) in [4.78, 5) is 10.6. The summed E-state index contributed by atoms with van der Waals surface area (Å²) < 4.78 is 5.12. The highest BCUT2D eigenvalue weighted by molar-refractivity contribution is 5.84. The topological polar surface area (TPSA) is 62.5 Å². The summed E-state index contributed by atoms with van der Waals surface area (Å²) in [6, 6.07) is 10.4. The number of carbonyl (C=O) groups is 1. The van der Waals surface area contributed by atoms with Crippen molar-refractivity contribution in [2.75, 3.05) is 5.32 Å².